The van der Waals surface area contributed by atoms with Gasteiger partial charge in [-0.05, 0) is 52.6 Å². The second kappa shape index (κ2) is 7.45. The van der Waals surface area contributed by atoms with Crippen LogP contribution in [0.3, 0.4) is 0 Å². The Morgan fingerprint density at radius 2 is 2.16 bits per heavy atom. The SMILES string of the molecule is COCCC(C)(C)CNC(=O)c1ccc(I)c(Cl)c1. The number of amides is 1. The summed E-state index contributed by atoms with van der Waals surface area (Å²) in [6.45, 7) is 5.51. The van der Waals surface area contributed by atoms with Crippen molar-refractivity contribution in [1.29, 1.82) is 0 Å². The fourth-order valence-corrected chi connectivity index (χ4v) is 2.04. The summed E-state index contributed by atoms with van der Waals surface area (Å²) < 4.78 is 6.01. The van der Waals surface area contributed by atoms with Gasteiger partial charge in [-0.1, -0.05) is 25.4 Å². The average molecular weight is 396 g/mol. The Morgan fingerprint density at radius 3 is 2.74 bits per heavy atom. The Bertz CT molecular complexity index is 449. The highest BCUT2D eigenvalue weighted by Crippen LogP contribution is 2.21. The molecule has 0 aliphatic heterocycles. The summed E-state index contributed by atoms with van der Waals surface area (Å²) in [6.07, 6.45) is 0.900. The molecule has 0 radical (unpaired) electrons. The van der Waals surface area contributed by atoms with Crippen molar-refractivity contribution in [3.05, 3.63) is 32.4 Å². The molecular weight excluding hydrogens is 377 g/mol. The molecule has 0 aliphatic rings. The summed E-state index contributed by atoms with van der Waals surface area (Å²) in [5.41, 5.74) is 0.603. The molecule has 0 saturated heterocycles. The zero-order chi connectivity index (χ0) is 14.5. The topological polar surface area (TPSA) is 38.3 Å². The minimum absolute atomic E-state index is 0.0126. The highest BCUT2D eigenvalue weighted by molar-refractivity contribution is 14.1. The summed E-state index contributed by atoms with van der Waals surface area (Å²) >= 11 is 8.15. The summed E-state index contributed by atoms with van der Waals surface area (Å²) in [5, 5.41) is 3.54. The van der Waals surface area contributed by atoms with E-state index in [0.29, 0.717) is 23.7 Å². The number of ether oxygens (including phenoxy) is 1. The highest BCUT2D eigenvalue weighted by Gasteiger charge is 2.19. The third-order valence-corrected chi connectivity index (χ3v) is 4.46. The number of benzene rings is 1. The molecule has 1 aromatic carbocycles. The van der Waals surface area contributed by atoms with Crippen LogP contribution in [0.1, 0.15) is 30.6 Å². The Balaban J connectivity index is 2.57. The lowest BCUT2D eigenvalue weighted by molar-refractivity contribution is 0.0921. The smallest absolute Gasteiger partial charge is 0.251 e. The molecule has 0 atom stereocenters. The average Bonchev–Trinajstić information content (AvgIpc) is 2.37. The fraction of sp³-hybridized carbons (Fsp3) is 0.500. The van der Waals surface area contributed by atoms with Gasteiger partial charge in [0.2, 0.25) is 0 Å². The van der Waals surface area contributed by atoms with Crippen molar-refractivity contribution in [3.8, 4) is 0 Å². The molecule has 106 valence electrons. The zero-order valence-electron chi connectivity index (χ0n) is 11.4. The van der Waals surface area contributed by atoms with Gasteiger partial charge in [0.05, 0.1) is 5.02 Å². The number of rotatable bonds is 6. The normalized spacial score (nSPS) is 11.4. The molecule has 0 fully saturated rings. The number of carbonyl (C=O) groups is 1. The van der Waals surface area contributed by atoms with Crippen molar-refractivity contribution in [2.75, 3.05) is 20.3 Å². The summed E-state index contributed by atoms with van der Waals surface area (Å²) in [5.74, 6) is -0.0937. The van der Waals surface area contributed by atoms with E-state index in [1.165, 1.54) is 0 Å². The predicted octanol–water partition coefficient (Wildman–Crippen LogP) is 3.74. The molecule has 1 rings (SSSR count). The predicted molar refractivity (Wildman–Crippen MR) is 86.8 cm³/mol. The van der Waals surface area contributed by atoms with Gasteiger partial charge in [-0.2, -0.15) is 0 Å². The maximum Gasteiger partial charge on any atom is 0.251 e. The number of methoxy groups -OCH3 is 1. The molecule has 19 heavy (non-hydrogen) atoms. The Labute approximate surface area is 133 Å². The van der Waals surface area contributed by atoms with Crippen molar-refractivity contribution in [1.82, 2.24) is 5.32 Å². The second-order valence-corrected chi connectivity index (χ2v) is 6.79. The zero-order valence-corrected chi connectivity index (χ0v) is 14.3. The van der Waals surface area contributed by atoms with Gasteiger partial charge in [0, 0.05) is 29.4 Å². The first-order valence-corrected chi connectivity index (χ1v) is 7.53. The molecule has 0 unspecified atom stereocenters. The van der Waals surface area contributed by atoms with Crippen molar-refractivity contribution in [2.45, 2.75) is 20.3 Å². The lowest BCUT2D eigenvalue weighted by Crippen LogP contribution is -2.34. The largest absolute Gasteiger partial charge is 0.385 e. The van der Waals surface area contributed by atoms with E-state index in [2.05, 4.69) is 41.8 Å². The van der Waals surface area contributed by atoms with Gasteiger partial charge in [0.15, 0.2) is 0 Å². The van der Waals surface area contributed by atoms with Gasteiger partial charge in [-0.15, -0.1) is 0 Å². The summed E-state index contributed by atoms with van der Waals surface area (Å²) in [6, 6.07) is 5.32. The van der Waals surface area contributed by atoms with Gasteiger partial charge >= 0.3 is 0 Å². The van der Waals surface area contributed by atoms with Crippen LogP contribution in [0.2, 0.25) is 5.02 Å². The highest BCUT2D eigenvalue weighted by atomic mass is 127. The molecule has 0 saturated carbocycles. The van der Waals surface area contributed by atoms with Gasteiger partial charge in [-0.25, -0.2) is 0 Å². The molecule has 3 nitrogen and oxygen atoms in total. The van der Waals surface area contributed by atoms with Gasteiger partial charge < -0.3 is 10.1 Å². The van der Waals surface area contributed by atoms with E-state index in [0.717, 1.165) is 9.99 Å². The van der Waals surface area contributed by atoms with E-state index >= 15 is 0 Å². The second-order valence-electron chi connectivity index (χ2n) is 5.22. The lowest BCUT2D eigenvalue weighted by atomic mass is 9.89. The van der Waals surface area contributed by atoms with Crippen LogP contribution in [0.4, 0.5) is 0 Å². The molecule has 0 aromatic heterocycles. The number of carbonyl (C=O) groups excluding carboxylic acids is 1. The van der Waals surface area contributed by atoms with Crippen molar-refractivity contribution < 1.29 is 9.53 Å². The monoisotopic (exact) mass is 395 g/mol. The first-order valence-electron chi connectivity index (χ1n) is 6.08. The lowest BCUT2D eigenvalue weighted by Gasteiger charge is -2.24. The van der Waals surface area contributed by atoms with E-state index < -0.39 is 0 Å². The third-order valence-electron chi connectivity index (χ3n) is 2.89. The van der Waals surface area contributed by atoms with Crippen molar-refractivity contribution in [2.24, 2.45) is 5.41 Å². The van der Waals surface area contributed by atoms with E-state index in [1.807, 2.05) is 6.07 Å². The number of nitrogens with one attached hydrogen (secondary N) is 1. The fourth-order valence-electron chi connectivity index (χ4n) is 1.53. The molecule has 1 amide bonds. The van der Waals surface area contributed by atoms with Crippen LogP contribution in [-0.4, -0.2) is 26.2 Å². The van der Waals surface area contributed by atoms with Crippen LogP contribution >= 0.6 is 34.2 Å². The molecule has 1 aromatic rings. The quantitative estimate of drug-likeness (QED) is 0.745. The summed E-state index contributed by atoms with van der Waals surface area (Å²) in [7, 11) is 1.68. The minimum atomic E-state index is -0.0937. The molecule has 0 spiro atoms. The van der Waals surface area contributed by atoms with Crippen LogP contribution in [0.5, 0.6) is 0 Å². The molecule has 0 heterocycles. The number of hydrogen-bond acceptors (Lipinski definition) is 2. The van der Waals surface area contributed by atoms with Crippen molar-refractivity contribution in [3.63, 3.8) is 0 Å². The van der Waals surface area contributed by atoms with Crippen molar-refractivity contribution >= 4 is 40.1 Å². The van der Waals surface area contributed by atoms with Gasteiger partial charge in [-0.3, -0.25) is 4.79 Å². The maximum atomic E-state index is 12.0. The minimum Gasteiger partial charge on any atom is -0.385 e. The van der Waals surface area contributed by atoms with Crippen LogP contribution in [0, 0.1) is 8.99 Å². The number of hydrogen-bond donors (Lipinski definition) is 1. The molecule has 0 bridgehead atoms. The van der Waals surface area contributed by atoms with Crippen LogP contribution < -0.4 is 5.32 Å². The Kier molecular flexibility index (Phi) is 6.56. The number of halogens is 2. The van der Waals surface area contributed by atoms with Gasteiger partial charge in [0.1, 0.15) is 0 Å². The summed E-state index contributed by atoms with van der Waals surface area (Å²) in [4.78, 5) is 12.0. The van der Waals surface area contributed by atoms with Crippen LogP contribution in [0.15, 0.2) is 18.2 Å². The van der Waals surface area contributed by atoms with E-state index in [1.54, 1.807) is 19.2 Å². The molecule has 1 N–H and O–H groups in total. The molecule has 5 heteroatoms. The van der Waals surface area contributed by atoms with Crippen LogP contribution in [0.25, 0.3) is 0 Å². The first-order chi connectivity index (χ1) is 8.85. The van der Waals surface area contributed by atoms with Gasteiger partial charge in [0.25, 0.3) is 5.91 Å². The van der Waals surface area contributed by atoms with Crippen LogP contribution in [-0.2, 0) is 4.74 Å². The van der Waals surface area contributed by atoms with E-state index in [9.17, 15) is 4.79 Å². The Morgan fingerprint density at radius 1 is 1.47 bits per heavy atom. The first kappa shape index (κ1) is 16.7. The third kappa shape index (κ3) is 5.67. The van der Waals surface area contributed by atoms with E-state index in [4.69, 9.17) is 16.3 Å². The van der Waals surface area contributed by atoms with E-state index in [-0.39, 0.29) is 11.3 Å². The molecular formula is C14H19ClINO2. The maximum absolute atomic E-state index is 12.0. The molecule has 0 aliphatic carbocycles. The Hall–Kier alpha value is -0.330. The standard InChI is InChI=1S/C14H19ClINO2/c1-14(2,6-7-19-3)9-17-13(18)10-4-5-12(16)11(15)8-10/h4-5,8H,6-7,9H2,1-3H3,(H,17,18).